The number of benzene rings is 2. The van der Waals surface area contributed by atoms with Crippen LogP contribution in [-0.4, -0.2) is 20.2 Å². The molecule has 0 amide bonds. The summed E-state index contributed by atoms with van der Waals surface area (Å²) in [4.78, 5) is 7.80. The van der Waals surface area contributed by atoms with Gasteiger partial charge in [-0.2, -0.15) is 5.10 Å². The molecule has 0 aliphatic rings. The van der Waals surface area contributed by atoms with E-state index in [-0.39, 0.29) is 5.82 Å². The summed E-state index contributed by atoms with van der Waals surface area (Å²) in [6.45, 7) is 6.25. The van der Waals surface area contributed by atoms with Crippen LogP contribution in [0.15, 0.2) is 79.0 Å². The van der Waals surface area contributed by atoms with Crippen LogP contribution in [0.4, 0.5) is 4.39 Å². The summed E-state index contributed by atoms with van der Waals surface area (Å²) in [7, 11) is 0. The number of pyridine rings is 1. The molecule has 0 unspecified atom stereocenters. The molecule has 0 atom stereocenters. The molecule has 0 aliphatic carbocycles. The van der Waals surface area contributed by atoms with Crippen LogP contribution in [0.3, 0.4) is 0 Å². The molecule has 32 heavy (non-hydrogen) atoms. The van der Waals surface area contributed by atoms with Gasteiger partial charge in [-0.1, -0.05) is 43.0 Å². The maximum Gasteiger partial charge on any atom is 0.123 e. The SMILES string of the molecule is C=c1c(-c2cc3c(-c4cccc(F)c4)cccc3[nH]2)n[nH]/c1=C/C=C(\C)c1ccccn1. The van der Waals surface area contributed by atoms with Crippen LogP contribution in [0.25, 0.3) is 51.6 Å². The van der Waals surface area contributed by atoms with E-state index >= 15 is 0 Å². The number of allylic oxidation sites excluding steroid dienone is 2. The summed E-state index contributed by atoms with van der Waals surface area (Å²) in [5.74, 6) is -0.253. The lowest BCUT2D eigenvalue weighted by molar-refractivity contribution is 0.628. The highest BCUT2D eigenvalue weighted by Crippen LogP contribution is 2.31. The van der Waals surface area contributed by atoms with Crippen LogP contribution in [0, 0.1) is 5.82 Å². The van der Waals surface area contributed by atoms with Gasteiger partial charge in [0.05, 0.1) is 16.7 Å². The van der Waals surface area contributed by atoms with Crippen LogP contribution in [0.2, 0.25) is 0 Å². The number of hydrogen-bond donors (Lipinski definition) is 2. The maximum atomic E-state index is 13.8. The summed E-state index contributed by atoms with van der Waals surface area (Å²) in [5.41, 5.74) is 6.34. The molecule has 156 valence electrons. The van der Waals surface area contributed by atoms with Crippen LogP contribution in [0.1, 0.15) is 12.6 Å². The van der Waals surface area contributed by atoms with Crippen LogP contribution in [0.5, 0.6) is 0 Å². The fraction of sp³-hybridized carbons (Fsp3) is 0.0370. The van der Waals surface area contributed by atoms with Crippen LogP contribution >= 0.6 is 0 Å². The number of halogens is 1. The Labute approximate surface area is 184 Å². The second-order valence-electron chi connectivity index (χ2n) is 7.66. The molecule has 3 heterocycles. The highest BCUT2D eigenvalue weighted by Gasteiger charge is 2.11. The highest BCUT2D eigenvalue weighted by molar-refractivity contribution is 5.98. The molecule has 0 spiro atoms. The van der Waals surface area contributed by atoms with Gasteiger partial charge in [-0.25, -0.2) is 4.39 Å². The zero-order valence-electron chi connectivity index (χ0n) is 17.6. The van der Waals surface area contributed by atoms with E-state index in [4.69, 9.17) is 0 Å². The lowest BCUT2D eigenvalue weighted by atomic mass is 10.0. The summed E-state index contributed by atoms with van der Waals surface area (Å²) in [6, 6.07) is 20.5. The van der Waals surface area contributed by atoms with Crippen molar-refractivity contribution in [2.45, 2.75) is 6.92 Å². The highest BCUT2D eigenvalue weighted by atomic mass is 19.1. The summed E-state index contributed by atoms with van der Waals surface area (Å²) in [5, 5.41) is 10.2. The number of H-pyrrole nitrogens is 2. The molecular formula is C27H21FN4. The molecule has 0 bridgehead atoms. The molecule has 5 aromatic rings. The quantitative estimate of drug-likeness (QED) is 0.427. The molecule has 0 saturated carbocycles. The fourth-order valence-corrected chi connectivity index (χ4v) is 3.82. The number of rotatable bonds is 4. The molecule has 5 heteroatoms. The fourth-order valence-electron chi connectivity index (χ4n) is 3.82. The van der Waals surface area contributed by atoms with Gasteiger partial charge in [0.2, 0.25) is 0 Å². The van der Waals surface area contributed by atoms with Gasteiger partial charge in [-0.15, -0.1) is 0 Å². The van der Waals surface area contributed by atoms with Gasteiger partial charge in [-0.05, 0) is 66.1 Å². The average molecular weight is 420 g/mol. The maximum absolute atomic E-state index is 13.8. The molecule has 2 aromatic carbocycles. The van der Waals surface area contributed by atoms with Gasteiger partial charge in [0, 0.05) is 22.3 Å². The zero-order chi connectivity index (χ0) is 22.1. The summed E-state index contributed by atoms with van der Waals surface area (Å²) >= 11 is 0. The van der Waals surface area contributed by atoms with E-state index in [2.05, 4.69) is 26.7 Å². The van der Waals surface area contributed by atoms with E-state index in [0.29, 0.717) is 0 Å². The molecule has 3 aromatic heterocycles. The Hall–Kier alpha value is -4.25. The van der Waals surface area contributed by atoms with Gasteiger partial charge < -0.3 is 4.98 Å². The minimum atomic E-state index is -0.253. The Morgan fingerprint density at radius 3 is 2.72 bits per heavy atom. The van der Waals surface area contributed by atoms with Gasteiger partial charge in [-0.3, -0.25) is 10.1 Å². The Bertz CT molecular complexity index is 1560. The third-order valence-corrected chi connectivity index (χ3v) is 5.52. The molecular weight excluding hydrogens is 399 g/mol. The van der Waals surface area contributed by atoms with Crippen molar-refractivity contribution < 1.29 is 4.39 Å². The van der Waals surface area contributed by atoms with Crippen molar-refractivity contribution in [1.82, 2.24) is 20.2 Å². The van der Waals surface area contributed by atoms with Crippen molar-refractivity contribution in [1.29, 1.82) is 0 Å². The number of fused-ring (bicyclic) bond motifs is 1. The van der Waals surface area contributed by atoms with Crippen molar-refractivity contribution in [2.75, 3.05) is 0 Å². The number of nitrogens with zero attached hydrogens (tertiary/aromatic N) is 2. The summed E-state index contributed by atoms with van der Waals surface area (Å²) in [6.07, 6.45) is 5.74. The first-order valence-corrected chi connectivity index (χ1v) is 10.3. The Balaban J connectivity index is 1.55. The molecule has 0 radical (unpaired) electrons. The van der Waals surface area contributed by atoms with E-state index < -0.39 is 0 Å². The molecule has 2 N–H and O–H groups in total. The van der Waals surface area contributed by atoms with Gasteiger partial charge in [0.15, 0.2) is 0 Å². The van der Waals surface area contributed by atoms with Crippen molar-refractivity contribution >= 4 is 29.1 Å². The average Bonchev–Trinajstić information content (AvgIpc) is 3.41. The molecule has 5 rings (SSSR count). The van der Waals surface area contributed by atoms with Gasteiger partial charge in [0.1, 0.15) is 11.5 Å². The van der Waals surface area contributed by atoms with Crippen molar-refractivity contribution in [2.24, 2.45) is 0 Å². The molecule has 0 saturated heterocycles. The van der Waals surface area contributed by atoms with E-state index in [1.54, 1.807) is 18.3 Å². The number of aromatic nitrogens is 4. The number of nitrogens with one attached hydrogen (secondary N) is 2. The Kier molecular flexibility index (Phi) is 5.00. The number of hydrogen-bond acceptors (Lipinski definition) is 2. The molecule has 0 aliphatic heterocycles. The third kappa shape index (κ3) is 3.65. The van der Waals surface area contributed by atoms with Gasteiger partial charge in [0.25, 0.3) is 0 Å². The van der Waals surface area contributed by atoms with Crippen LogP contribution < -0.4 is 10.6 Å². The van der Waals surface area contributed by atoms with Crippen molar-refractivity contribution in [3.8, 4) is 22.5 Å². The minimum Gasteiger partial charge on any atom is -0.353 e. The zero-order valence-corrected chi connectivity index (χ0v) is 17.6. The standard InChI is InChI=1S/C27H21FN4/c1-17(23-10-3-4-14-29-23)12-13-24-18(2)27(32-31-24)26-16-22-21(9-6-11-25(22)30-26)19-7-5-8-20(28)15-19/h3-16,30-31H,2H2,1H3/b17-12+,24-13+. The first-order chi connectivity index (χ1) is 15.6. The van der Waals surface area contributed by atoms with Crippen molar-refractivity contribution in [3.05, 3.63) is 101 Å². The topological polar surface area (TPSA) is 57.4 Å². The predicted octanol–water partition coefficient (Wildman–Crippen LogP) is 5.05. The van der Waals surface area contributed by atoms with E-state index in [9.17, 15) is 4.39 Å². The molecule has 0 fully saturated rings. The number of aromatic amines is 2. The lowest BCUT2D eigenvalue weighted by Gasteiger charge is -2.03. The minimum absolute atomic E-state index is 0.253. The second kappa shape index (κ2) is 8.12. The first kappa shape index (κ1) is 19.7. The van der Waals surface area contributed by atoms with Crippen molar-refractivity contribution in [3.63, 3.8) is 0 Å². The second-order valence-corrected chi connectivity index (χ2v) is 7.66. The smallest absolute Gasteiger partial charge is 0.123 e. The van der Waals surface area contributed by atoms with E-state index in [1.165, 1.54) is 6.07 Å². The predicted molar refractivity (Wildman–Crippen MR) is 128 cm³/mol. The Morgan fingerprint density at radius 2 is 1.91 bits per heavy atom. The van der Waals surface area contributed by atoms with Gasteiger partial charge >= 0.3 is 0 Å². The van der Waals surface area contributed by atoms with E-state index in [1.807, 2.05) is 67.6 Å². The summed E-state index contributed by atoms with van der Waals surface area (Å²) < 4.78 is 13.8. The van der Waals surface area contributed by atoms with Crippen LogP contribution in [-0.2, 0) is 0 Å². The normalized spacial score (nSPS) is 12.6. The molecule has 4 nitrogen and oxygen atoms in total. The largest absolute Gasteiger partial charge is 0.353 e. The van der Waals surface area contributed by atoms with E-state index in [0.717, 1.165) is 55.3 Å². The third-order valence-electron chi connectivity index (χ3n) is 5.52. The first-order valence-electron chi connectivity index (χ1n) is 10.3. The lowest BCUT2D eigenvalue weighted by Crippen LogP contribution is -2.21. The Morgan fingerprint density at radius 1 is 1.03 bits per heavy atom. The monoisotopic (exact) mass is 420 g/mol.